The molecule has 0 saturated carbocycles. The van der Waals surface area contributed by atoms with Crippen LogP contribution in [0.5, 0.6) is 0 Å². The quantitative estimate of drug-likeness (QED) is 0.593. The predicted molar refractivity (Wildman–Crippen MR) is 89.5 cm³/mol. The Morgan fingerprint density at radius 2 is 1.73 bits per heavy atom. The lowest BCUT2D eigenvalue weighted by Gasteiger charge is -2.05. The van der Waals surface area contributed by atoms with E-state index >= 15 is 0 Å². The zero-order valence-electron chi connectivity index (χ0n) is 12.9. The third-order valence-corrected chi connectivity index (χ3v) is 3.35. The smallest absolute Gasteiger partial charge is 0.185 e. The van der Waals surface area contributed by atoms with E-state index < -0.39 is 0 Å². The fourth-order valence-corrected chi connectivity index (χ4v) is 2.21. The summed E-state index contributed by atoms with van der Waals surface area (Å²) in [6.07, 6.45) is 4.36. The number of nitrogens with zero attached hydrogens (tertiary/aromatic N) is 1. The van der Waals surface area contributed by atoms with Gasteiger partial charge in [0.15, 0.2) is 5.78 Å². The van der Waals surface area contributed by atoms with E-state index in [1.807, 2.05) is 36.4 Å². The highest BCUT2D eigenvalue weighted by Gasteiger charge is 2.03. The van der Waals surface area contributed by atoms with Gasteiger partial charge in [0.05, 0.1) is 11.6 Å². The van der Waals surface area contributed by atoms with Crippen LogP contribution in [0.15, 0.2) is 54.6 Å². The molecule has 0 saturated heterocycles. The molecule has 2 heteroatoms. The van der Waals surface area contributed by atoms with Gasteiger partial charge in [-0.3, -0.25) is 4.79 Å². The normalized spacial score (nSPS) is 10.8. The maximum Gasteiger partial charge on any atom is 0.185 e. The summed E-state index contributed by atoms with van der Waals surface area (Å²) in [5.41, 5.74) is 3.47. The minimum Gasteiger partial charge on any atom is -0.289 e. The molecular formula is C20H19NO. The van der Waals surface area contributed by atoms with Crippen LogP contribution in [-0.2, 0) is 6.42 Å². The van der Waals surface area contributed by atoms with Crippen molar-refractivity contribution < 1.29 is 4.79 Å². The lowest BCUT2D eigenvalue weighted by molar-refractivity contribution is 0.104. The van der Waals surface area contributed by atoms with Crippen molar-refractivity contribution in [3.05, 3.63) is 76.9 Å². The number of hydrogen-bond acceptors (Lipinski definition) is 2. The van der Waals surface area contributed by atoms with Gasteiger partial charge in [0, 0.05) is 5.56 Å². The molecule has 0 unspecified atom stereocenters. The number of hydrogen-bond donors (Lipinski definition) is 0. The van der Waals surface area contributed by atoms with Gasteiger partial charge in [-0.15, -0.1) is 0 Å². The molecular weight excluding hydrogens is 270 g/mol. The fourth-order valence-electron chi connectivity index (χ4n) is 2.21. The third kappa shape index (κ3) is 4.43. The van der Waals surface area contributed by atoms with Crippen LogP contribution in [0.4, 0.5) is 0 Å². The predicted octanol–water partition coefficient (Wildman–Crippen LogP) is 4.65. The first kappa shape index (κ1) is 15.7. The number of rotatable bonds is 5. The molecule has 2 aromatic carbocycles. The largest absolute Gasteiger partial charge is 0.289 e. The second-order valence-electron chi connectivity index (χ2n) is 5.73. The van der Waals surface area contributed by atoms with E-state index in [2.05, 4.69) is 19.9 Å². The Labute approximate surface area is 131 Å². The molecule has 2 nitrogen and oxygen atoms in total. The second kappa shape index (κ2) is 7.38. The van der Waals surface area contributed by atoms with Crippen LogP contribution in [0.3, 0.4) is 0 Å². The van der Waals surface area contributed by atoms with E-state index in [1.165, 1.54) is 5.56 Å². The van der Waals surface area contributed by atoms with Crippen LogP contribution in [0.25, 0.3) is 6.08 Å². The standard InChI is InChI=1S/C20H19NO/c1-15(2)13-17-7-10-19(11-8-17)20(22)12-9-16-3-5-18(14-21)6-4-16/h3-12,15H,13H2,1-2H3/b12-9+. The Balaban J connectivity index is 2.04. The number of carbonyl (C=O) groups excluding carboxylic acids is 1. The average molecular weight is 289 g/mol. The lowest BCUT2D eigenvalue weighted by Crippen LogP contribution is -1.97. The Bertz CT molecular complexity index is 701. The summed E-state index contributed by atoms with van der Waals surface area (Å²) in [6, 6.07) is 17.0. The van der Waals surface area contributed by atoms with Crippen molar-refractivity contribution in [1.82, 2.24) is 0 Å². The number of nitriles is 1. The van der Waals surface area contributed by atoms with Crippen molar-refractivity contribution in [2.75, 3.05) is 0 Å². The van der Waals surface area contributed by atoms with Crippen LogP contribution in [-0.4, -0.2) is 5.78 Å². The van der Waals surface area contributed by atoms with Crippen LogP contribution < -0.4 is 0 Å². The molecule has 0 atom stereocenters. The Kier molecular flexibility index (Phi) is 5.27. The van der Waals surface area contributed by atoms with Gasteiger partial charge in [0.25, 0.3) is 0 Å². The van der Waals surface area contributed by atoms with Gasteiger partial charge in [-0.05, 0) is 41.7 Å². The maximum atomic E-state index is 12.1. The minimum absolute atomic E-state index is 0.0135. The van der Waals surface area contributed by atoms with Crippen LogP contribution in [0.2, 0.25) is 0 Å². The van der Waals surface area contributed by atoms with Crippen molar-refractivity contribution >= 4 is 11.9 Å². The van der Waals surface area contributed by atoms with E-state index in [0.717, 1.165) is 12.0 Å². The molecule has 0 spiro atoms. The summed E-state index contributed by atoms with van der Waals surface area (Å²) < 4.78 is 0. The van der Waals surface area contributed by atoms with Crippen LogP contribution in [0.1, 0.15) is 40.9 Å². The summed E-state index contributed by atoms with van der Waals surface area (Å²) in [5, 5.41) is 8.75. The minimum atomic E-state index is -0.0135. The average Bonchev–Trinajstić information content (AvgIpc) is 2.53. The van der Waals surface area contributed by atoms with E-state index in [9.17, 15) is 4.79 Å². The number of carbonyl (C=O) groups is 1. The molecule has 0 N–H and O–H groups in total. The maximum absolute atomic E-state index is 12.1. The molecule has 0 amide bonds. The molecule has 0 aliphatic heterocycles. The zero-order chi connectivity index (χ0) is 15.9. The molecule has 2 aromatic rings. The van der Waals surface area contributed by atoms with Crippen molar-refractivity contribution in [2.45, 2.75) is 20.3 Å². The zero-order valence-corrected chi connectivity index (χ0v) is 12.9. The molecule has 0 heterocycles. The first-order chi connectivity index (χ1) is 10.6. The van der Waals surface area contributed by atoms with E-state index in [1.54, 1.807) is 24.3 Å². The molecule has 0 bridgehead atoms. The summed E-state index contributed by atoms with van der Waals surface area (Å²) in [5.74, 6) is 0.596. The van der Waals surface area contributed by atoms with Gasteiger partial charge in [-0.1, -0.05) is 56.3 Å². The first-order valence-corrected chi connectivity index (χ1v) is 7.40. The summed E-state index contributed by atoms with van der Waals surface area (Å²) >= 11 is 0. The van der Waals surface area contributed by atoms with Crippen molar-refractivity contribution in [3.8, 4) is 6.07 Å². The van der Waals surface area contributed by atoms with Crippen molar-refractivity contribution in [3.63, 3.8) is 0 Å². The SMILES string of the molecule is CC(C)Cc1ccc(C(=O)/C=C/c2ccc(C#N)cc2)cc1. The molecule has 0 aliphatic carbocycles. The van der Waals surface area contributed by atoms with Gasteiger partial charge in [0.2, 0.25) is 0 Å². The highest BCUT2D eigenvalue weighted by atomic mass is 16.1. The highest BCUT2D eigenvalue weighted by molar-refractivity contribution is 6.06. The number of benzene rings is 2. The molecule has 0 fully saturated rings. The van der Waals surface area contributed by atoms with Crippen LogP contribution in [0, 0.1) is 17.2 Å². The summed E-state index contributed by atoms with van der Waals surface area (Å²) in [4.78, 5) is 12.1. The Morgan fingerprint density at radius 3 is 2.27 bits per heavy atom. The fraction of sp³-hybridized carbons (Fsp3) is 0.200. The number of allylic oxidation sites excluding steroid dienone is 1. The van der Waals surface area contributed by atoms with E-state index in [-0.39, 0.29) is 5.78 Å². The lowest BCUT2D eigenvalue weighted by atomic mass is 10.0. The highest BCUT2D eigenvalue weighted by Crippen LogP contribution is 2.12. The number of ketones is 1. The molecule has 0 aliphatic rings. The Hall–Kier alpha value is -2.66. The molecule has 0 radical (unpaired) electrons. The van der Waals surface area contributed by atoms with Gasteiger partial charge in [-0.2, -0.15) is 5.26 Å². The molecule has 110 valence electrons. The van der Waals surface area contributed by atoms with Gasteiger partial charge < -0.3 is 0 Å². The summed E-state index contributed by atoms with van der Waals surface area (Å²) in [7, 11) is 0. The third-order valence-electron chi connectivity index (χ3n) is 3.35. The second-order valence-corrected chi connectivity index (χ2v) is 5.73. The van der Waals surface area contributed by atoms with E-state index in [0.29, 0.717) is 17.0 Å². The van der Waals surface area contributed by atoms with Gasteiger partial charge in [-0.25, -0.2) is 0 Å². The first-order valence-electron chi connectivity index (χ1n) is 7.40. The monoisotopic (exact) mass is 289 g/mol. The van der Waals surface area contributed by atoms with E-state index in [4.69, 9.17) is 5.26 Å². The van der Waals surface area contributed by atoms with Gasteiger partial charge in [0.1, 0.15) is 0 Å². The van der Waals surface area contributed by atoms with Crippen molar-refractivity contribution in [2.24, 2.45) is 5.92 Å². The summed E-state index contributed by atoms with van der Waals surface area (Å²) in [6.45, 7) is 4.36. The van der Waals surface area contributed by atoms with Crippen molar-refractivity contribution in [1.29, 1.82) is 5.26 Å². The topological polar surface area (TPSA) is 40.9 Å². The van der Waals surface area contributed by atoms with Gasteiger partial charge >= 0.3 is 0 Å². The molecule has 2 rings (SSSR count). The van der Waals surface area contributed by atoms with Crippen LogP contribution >= 0.6 is 0 Å². The molecule has 22 heavy (non-hydrogen) atoms. The molecule has 0 aromatic heterocycles. The Morgan fingerprint density at radius 1 is 1.09 bits per heavy atom.